The van der Waals surface area contributed by atoms with Gasteiger partial charge in [-0.25, -0.2) is 9.97 Å². The molecule has 30 heavy (non-hydrogen) atoms. The van der Waals surface area contributed by atoms with E-state index in [-0.39, 0.29) is 12.5 Å². The minimum Gasteiger partial charge on any atom is -0.471 e. The fourth-order valence-corrected chi connectivity index (χ4v) is 3.50. The van der Waals surface area contributed by atoms with Crippen LogP contribution in [0.5, 0.6) is 5.88 Å². The fourth-order valence-electron chi connectivity index (χ4n) is 3.03. The zero-order valence-corrected chi connectivity index (χ0v) is 17.5. The number of para-hydroxylation sites is 3. The lowest BCUT2D eigenvalue weighted by Gasteiger charge is -2.15. The maximum absolute atomic E-state index is 11.7. The molecular weight excluding hydrogens is 421 g/mol. The Hall–Kier alpha value is -3.15. The van der Waals surface area contributed by atoms with Crippen LogP contribution in [0.3, 0.4) is 0 Å². The van der Waals surface area contributed by atoms with Crippen molar-refractivity contribution in [3.63, 3.8) is 0 Å². The van der Waals surface area contributed by atoms with Gasteiger partial charge in [-0.1, -0.05) is 59.6 Å². The molecule has 1 amide bonds. The summed E-state index contributed by atoms with van der Waals surface area (Å²) < 4.78 is 6.05. The van der Waals surface area contributed by atoms with Crippen molar-refractivity contribution in [3.05, 3.63) is 82.3 Å². The van der Waals surface area contributed by atoms with E-state index >= 15 is 0 Å². The van der Waals surface area contributed by atoms with Crippen LogP contribution in [0.25, 0.3) is 22.3 Å². The Labute approximate surface area is 183 Å². The highest BCUT2D eigenvalue weighted by Crippen LogP contribution is 2.34. The number of nitrogens with one attached hydrogen (secondary N) is 1. The van der Waals surface area contributed by atoms with Crippen LogP contribution in [0.4, 0.5) is 5.69 Å². The van der Waals surface area contributed by atoms with Gasteiger partial charge in [-0.3, -0.25) is 4.79 Å². The van der Waals surface area contributed by atoms with Gasteiger partial charge in [0.2, 0.25) is 11.8 Å². The molecule has 0 bridgehead atoms. The number of rotatable bonds is 5. The Kier molecular flexibility index (Phi) is 5.84. The van der Waals surface area contributed by atoms with Crippen molar-refractivity contribution < 1.29 is 9.53 Å². The van der Waals surface area contributed by atoms with E-state index in [0.717, 1.165) is 11.1 Å². The third kappa shape index (κ3) is 4.37. The van der Waals surface area contributed by atoms with E-state index in [1.807, 2.05) is 54.6 Å². The number of anilines is 1. The fraction of sp³-hybridized carbons (Fsp3) is 0.0870. The van der Waals surface area contributed by atoms with Crippen molar-refractivity contribution in [3.8, 4) is 17.1 Å². The molecule has 0 aliphatic carbocycles. The average molecular weight is 438 g/mol. The molecule has 150 valence electrons. The molecule has 0 saturated carbocycles. The molecule has 0 saturated heterocycles. The molecule has 0 unspecified atom stereocenters. The Morgan fingerprint density at radius 3 is 2.40 bits per heavy atom. The number of nitrogens with zero attached hydrogens (tertiary/aromatic N) is 2. The van der Waals surface area contributed by atoms with Crippen LogP contribution in [0.1, 0.15) is 12.5 Å². The van der Waals surface area contributed by atoms with E-state index in [4.69, 9.17) is 32.9 Å². The van der Waals surface area contributed by atoms with Crippen LogP contribution in [-0.4, -0.2) is 15.9 Å². The summed E-state index contributed by atoms with van der Waals surface area (Å²) in [6, 6.07) is 20.2. The summed E-state index contributed by atoms with van der Waals surface area (Å²) in [4.78, 5) is 21.1. The summed E-state index contributed by atoms with van der Waals surface area (Å²) in [5.74, 6) is 0.170. The monoisotopic (exact) mass is 437 g/mol. The first kappa shape index (κ1) is 20.1. The molecule has 5 nitrogen and oxygen atoms in total. The first-order valence-electron chi connectivity index (χ1n) is 9.22. The first-order chi connectivity index (χ1) is 14.5. The van der Waals surface area contributed by atoms with Gasteiger partial charge >= 0.3 is 0 Å². The second kappa shape index (κ2) is 8.69. The molecule has 0 atom stereocenters. The Bertz CT molecular complexity index is 1240. The number of hydrogen-bond donors (Lipinski definition) is 1. The largest absolute Gasteiger partial charge is 0.471 e. The van der Waals surface area contributed by atoms with Crippen molar-refractivity contribution in [2.24, 2.45) is 0 Å². The van der Waals surface area contributed by atoms with Gasteiger partial charge in [0.25, 0.3) is 0 Å². The molecule has 1 N–H and O–H groups in total. The molecule has 0 aliphatic rings. The number of hydrogen-bond acceptors (Lipinski definition) is 4. The molecule has 1 aromatic heterocycles. The molecule has 0 fully saturated rings. The normalized spacial score (nSPS) is 10.8. The van der Waals surface area contributed by atoms with E-state index in [0.29, 0.717) is 38.4 Å². The summed E-state index contributed by atoms with van der Waals surface area (Å²) in [6.45, 7) is 1.65. The number of carbonyl (C=O) groups is 1. The smallest absolute Gasteiger partial charge is 0.241 e. The summed E-state index contributed by atoms with van der Waals surface area (Å²) in [5.41, 5.74) is 4.07. The molecule has 4 rings (SSSR count). The highest BCUT2D eigenvalue weighted by molar-refractivity contribution is 6.35. The van der Waals surface area contributed by atoms with E-state index in [9.17, 15) is 4.79 Å². The summed E-state index contributed by atoms with van der Waals surface area (Å²) in [7, 11) is 0. The zero-order chi connectivity index (χ0) is 21.1. The Balaban J connectivity index is 1.80. The van der Waals surface area contributed by atoms with E-state index < -0.39 is 0 Å². The lowest BCUT2D eigenvalue weighted by molar-refractivity contribution is -0.114. The number of aromatic nitrogens is 2. The van der Waals surface area contributed by atoms with Gasteiger partial charge in [0.05, 0.1) is 16.7 Å². The molecule has 7 heteroatoms. The van der Waals surface area contributed by atoms with Crippen LogP contribution in [0.15, 0.2) is 66.7 Å². The van der Waals surface area contributed by atoms with Gasteiger partial charge in [-0.05, 0) is 30.3 Å². The Morgan fingerprint density at radius 1 is 0.967 bits per heavy atom. The van der Waals surface area contributed by atoms with Crippen molar-refractivity contribution in [1.82, 2.24) is 9.97 Å². The van der Waals surface area contributed by atoms with Gasteiger partial charge < -0.3 is 10.1 Å². The summed E-state index contributed by atoms with van der Waals surface area (Å²) >= 11 is 12.3. The van der Waals surface area contributed by atoms with Crippen LogP contribution in [0, 0.1) is 0 Å². The molecule has 4 aromatic rings. The predicted octanol–water partition coefficient (Wildman–Crippen LogP) is 6.14. The third-order valence-corrected chi connectivity index (χ3v) is 5.00. The van der Waals surface area contributed by atoms with Crippen LogP contribution in [-0.2, 0) is 11.4 Å². The lowest BCUT2D eigenvalue weighted by Crippen LogP contribution is -2.08. The van der Waals surface area contributed by atoms with Crippen molar-refractivity contribution in [2.45, 2.75) is 13.5 Å². The quantitative estimate of drug-likeness (QED) is 0.407. The number of ether oxygens (including phenoxy) is 1. The standard InChI is InChI=1S/C23H17Cl2N3O2/c1-14(29)26-19-7-3-2-6-17(19)22-23(28-21-9-5-4-8-20(21)27-22)30-13-15-10-11-16(24)12-18(15)25/h2-12H,13H2,1H3,(H,26,29). The highest BCUT2D eigenvalue weighted by atomic mass is 35.5. The number of fused-ring (bicyclic) bond motifs is 1. The van der Waals surface area contributed by atoms with Crippen molar-refractivity contribution >= 4 is 45.8 Å². The number of benzene rings is 3. The minimum absolute atomic E-state index is 0.174. The second-order valence-electron chi connectivity index (χ2n) is 6.62. The SMILES string of the molecule is CC(=O)Nc1ccccc1-c1nc2ccccc2nc1OCc1ccc(Cl)cc1Cl. The van der Waals surface area contributed by atoms with Crippen molar-refractivity contribution in [1.29, 1.82) is 0 Å². The highest BCUT2D eigenvalue weighted by Gasteiger charge is 2.17. The lowest BCUT2D eigenvalue weighted by atomic mass is 10.1. The molecule has 1 heterocycles. The van der Waals surface area contributed by atoms with Gasteiger partial charge in [-0.2, -0.15) is 0 Å². The van der Waals surface area contributed by atoms with Crippen LogP contribution in [0.2, 0.25) is 10.0 Å². The topological polar surface area (TPSA) is 64.1 Å². The van der Waals surface area contributed by atoms with Crippen LogP contribution < -0.4 is 10.1 Å². The van der Waals surface area contributed by atoms with Gasteiger partial charge in [0.15, 0.2) is 0 Å². The number of halogens is 2. The van der Waals surface area contributed by atoms with Crippen molar-refractivity contribution in [2.75, 3.05) is 5.32 Å². The number of carbonyl (C=O) groups excluding carboxylic acids is 1. The van der Waals surface area contributed by atoms with Gasteiger partial charge in [0, 0.05) is 28.1 Å². The second-order valence-corrected chi connectivity index (χ2v) is 7.46. The average Bonchev–Trinajstić information content (AvgIpc) is 2.72. The zero-order valence-electron chi connectivity index (χ0n) is 16.0. The minimum atomic E-state index is -0.174. The summed E-state index contributed by atoms with van der Waals surface area (Å²) in [6.07, 6.45) is 0. The molecular formula is C23H17Cl2N3O2. The molecule has 0 radical (unpaired) electrons. The third-order valence-electron chi connectivity index (χ3n) is 4.41. The number of amides is 1. The van der Waals surface area contributed by atoms with E-state index in [1.165, 1.54) is 6.92 Å². The summed E-state index contributed by atoms with van der Waals surface area (Å²) in [5, 5.41) is 3.90. The molecule has 3 aromatic carbocycles. The molecule has 0 spiro atoms. The molecule has 0 aliphatic heterocycles. The predicted molar refractivity (Wildman–Crippen MR) is 120 cm³/mol. The Morgan fingerprint density at radius 2 is 1.67 bits per heavy atom. The van der Waals surface area contributed by atoms with Gasteiger partial charge in [0.1, 0.15) is 12.3 Å². The van der Waals surface area contributed by atoms with E-state index in [1.54, 1.807) is 12.1 Å². The van der Waals surface area contributed by atoms with Crippen LogP contribution >= 0.6 is 23.2 Å². The van der Waals surface area contributed by atoms with Gasteiger partial charge in [-0.15, -0.1) is 0 Å². The van der Waals surface area contributed by atoms with E-state index in [2.05, 4.69) is 10.3 Å². The first-order valence-corrected chi connectivity index (χ1v) is 9.97. The maximum atomic E-state index is 11.7. The maximum Gasteiger partial charge on any atom is 0.241 e.